The highest BCUT2D eigenvalue weighted by Gasteiger charge is 2.04. The van der Waals surface area contributed by atoms with Crippen LogP contribution in [0.2, 0.25) is 0 Å². The lowest BCUT2D eigenvalue weighted by molar-refractivity contribution is -0.672. The number of thiol groups is 3. The van der Waals surface area contributed by atoms with Crippen LogP contribution < -0.4 is 214 Å². The van der Waals surface area contributed by atoms with E-state index >= 15 is 0 Å². The van der Waals surface area contributed by atoms with Crippen molar-refractivity contribution in [3.63, 3.8) is 0 Å². The number of aromatic nitrogens is 6. The lowest BCUT2D eigenvalue weighted by atomic mass is 10.1. The van der Waals surface area contributed by atoms with Crippen molar-refractivity contribution in [3.8, 4) is 0 Å². The number of hydrogen-bond acceptors (Lipinski definition) is 6. The number of nitrogens with two attached hydrogens (primary N) is 6. The Morgan fingerprint density at radius 1 is 0.300 bits per heavy atom. The summed E-state index contributed by atoms with van der Waals surface area (Å²) < 4.78 is 12.5. The molecule has 0 amide bonds. The van der Waals surface area contributed by atoms with Crippen molar-refractivity contribution in [1.82, 2.24) is 0 Å². The number of thioether (sulfide) groups is 3. The van der Waals surface area contributed by atoms with Crippen LogP contribution >= 0.6 is 73.2 Å². The predicted molar refractivity (Wildman–Crippen MR) is 356 cm³/mol. The molecule has 0 spiro atoms. The second kappa shape index (κ2) is 74.5. The van der Waals surface area contributed by atoms with Gasteiger partial charge in [0.15, 0.2) is 74.4 Å². The Balaban J connectivity index is -0.000000123. The quantitative estimate of drug-likeness (QED) is 0.00815. The van der Waals surface area contributed by atoms with Crippen LogP contribution in [0.5, 0.6) is 0 Å². The zero-order valence-electron chi connectivity index (χ0n) is 53.4. The Morgan fingerprint density at radius 3 is 0.733 bits per heavy atom. The monoisotopic (exact) mass is 1930 g/mol. The Morgan fingerprint density at radius 2 is 0.489 bits per heavy atom. The molecule has 12 nitrogen and oxygen atoms in total. The molecule has 6 aromatic rings. The molecular formula is C63H105Br9N12S6. The van der Waals surface area contributed by atoms with Crippen molar-refractivity contribution in [1.29, 1.82) is 0 Å². The third-order valence-corrected chi connectivity index (χ3v) is 15.4. The molecule has 0 aliphatic heterocycles. The summed E-state index contributed by atoms with van der Waals surface area (Å²) in [5, 5.41) is 17.5. The summed E-state index contributed by atoms with van der Waals surface area (Å²) in [7, 11) is 12.3. The number of hydrogen-bond donors (Lipinski definition) is 9. The van der Waals surface area contributed by atoms with E-state index in [9.17, 15) is 0 Å². The summed E-state index contributed by atoms with van der Waals surface area (Å²) >= 11 is 17.1. The lowest BCUT2D eigenvalue weighted by Gasteiger charge is -1.99. The van der Waals surface area contributed by atoms with Crippen LogP contribution in [0.15, 0.2) is 147 Å². The van der Waals surface area contributed by atoms with E-state index < -0.39 is 0 Å². The van der Waals surface area contributed by atoms with Gasteiger partial charge >= 0.3 is 0 Å². The summed E-state index contributed by atoms with van der Waals surface area (Å²) in [6.45, 7) is 0. The van der Waals surface area contributed by atoms with Gasteiger partial charge in [-0.15, -0.1) is 0 Å². The maximum atomic E-state index is 5.37. The molecule has 0 aliphatic rings. The average molecular weight is 1940 g/mol. The van der Waals surface area contributed by atoms with Gasteiger partial charge in [-0.25, -0.2) is 27.4 Å². The predicted octanol–water partition coefficient (Wildman–Crippen LogP) is -22.8. The summed E-state index contributed by atoms with van der Waals surface area (Å²) in [5.41, 5.74) is 24.5. The molecule has 516 valence electrons. The minimum absolute atomic E-state index is 0. The fourth-order valence-electron chi connectivity index (χ4n) is 8.01. The van der Waals surface area contributed by atoms with E-state index in [1.807, 2.05) is 39.7 Å². The number of nitrogens with zero attached hydrogens (tertiary/aromatic N) is 6. The molecule has 0 aromatic carbocycles. The minimum atomic E-state index is 0. The number of rotatable bonds is 27. The Labute approximate surface area is 667 Å². The fraction of sp³-hybridized carbons (Fsp3) is 0.476. The molecule has 6 heterocycles. The van der Waals surface area contributed by atoms with Crippen molar-refractivity contribution in [3.05, 3.63) is 181 Å². The topological polar surface area (TPSA) is 178 Å². The van der Waals surface area contributed by atoms with Crippen LogP contribution in [0.25, 0.3) is 0 Å². The number of aryl methyl sites for hydroxylation is 12. The van der Waals surface area contributed by atoms with Crippen molar-refractivity contribution in [2.45, 2.75) is 116 Å². The normalized spacial score (nSPS) is 9.17. The lowest BCUT2D eigenvalue weighted by Crippen LogP contribution is -3.00. The zero-order chi connectivity index (χ0) is 59.7. The van der Waals surface area contributed by atoms with Crippen LogP contribution in [0.3, 0.4) is 0 Å². The largest absolute Gasteiger partial charge is 1.00 e. The second-order valence-electron chi connectivity index (χ2n) is 19.9. The van der Waals surface area contributed by atoms with E-state index in [-0.39, 0.29) is 153 Å². The first-order chi connectivity index (χ1) is 39.0. The molecule has 0 bridgehead atoms. The average Bonchev–Trinajstić information content (AvgIpc) is 3.59. The van der Waals surface area contributed by atoms with Gasteiger partial charge in [-0.05, 0) is 192 Å². The molecule has 90 heavy (non-hydrogen) atoms. The number of amidine groups is 3. The van der Waals surface area contributed by atoms with Gasteiger partial charge in [-0.3, -0.25) is 33.4 Å². The first-order valence-corrected chi connectivity index (χ1v) is 33.4. The maximum Gasteiger partial charge on any atom is 0.299 e. The highest BCUT2D eigenvalue weighted by molar-refractivity contribution is 8.13. The standard InChI is InChI=1S/C12H20N3S.C11H18N3S.C11H17NS.C10H16N3S.C10H15NS.C9H13NS.9BrH/c1-15-8-5-7-11(10-15)6-3-2-4-9-16-12(13)14;1-14-7-4-6-10(9-14)5-2-3-8-15-11(12)13;1-12-8-5-7-11(10-12)6-3-2-4-9-13;1-13-6-2-4-9(8-13)5-3-7-14-10(11)12;1-11-7-4-6-10(9-11)5-2-3-8-12;1-10-6-2-4-9(8-10)5-3-7-11;;;;;;;;;/h5,7-8,10H,2-4,6,9H2,1H3,(H3,13,14);4,6-7,9H,2-3,5,8H2,1H3,(H3,12,13);5,7-8,10H,2-4,6,9H2,1H3;2,4,6,8H,3,5,7H2,1H3,(H3,11,12);4,6-7,9H,2-3,5,8H2,1H3;2,4,6,8H,3,5,7H2,1H3;9*1H/q2*+1;;+1;;;;;;;;;;;/p-3. The summed E-state index contributed by atoms with van der Waals surface area (Å²) in [4.78, 5) is 0. The maximum absolute atomic E-state index is 5.37. The SMILES string of the molecule is C[n+]1cccc(CCCCCS)c1.C[n+]1cccc(CCCCCSC(N)=[NH2+])c1.C[n+]1cccc(CCCCS)c1.C[n+]1cccc(CCCCSC(N)=[NH2+])c1.C[n+]1cccc(CCCS)c1.C[n+]1cccc(CCCSC(N)=[NH2+])c1.[Br-].[Br-].[Br-].[Br-].[Br-].[Br-].[Br-].[Br-].[Br-]. The van der Waals surface area contributed by atoms with Gasteiger partial charge < -0.3 is 153 Å². The first-order valence-electron chi connectivity index (χ1n) is 28.5. The van der Waals surface area contributed by atoms with Crippen LogP contribution in [0.4, 0.5) is 0 Å². The smallest absolute Gasteiger partial charge is 0.299 e. The van der Waals surface area contributed by atoms with Crippen LogP contribution in [-0.2, 0) is 80.8 Å². The first kappa shape index (κ1) is 108. The van der Waals surface area contributed by atoms with E-state index in [2.05, 4.69) is 215 Å². The van der Waals surface area contributed by atoms with Crippen molar-refractivity contribution >= 4 is 88.7 Å². The Hall–Kier alpha value is -0.270. The molecule has 6 aromatic heterocycles. The summed E-state index contributed by atoms with van der Waals surface area (Å²) in [6.07, 6.45) is 46.7. The molecule has 12 N–H and O–H groups in total. The van der Waals surface area contributed by atoms with E-state index in [0.717, 1.165) is 79.5 Å². The molecule has 27 heteroatoms. The highest BCUT2D eigenvalue weighted by Crippen LogP contribution is 2.10. The van der Waals surface area contributed by atoms with E-state index in [0.29, 0.717) is 15.5 Å². The molecule has 0 saturated carbocycles. The van der Waals surface area contributed by atoms with Gasteiger partial charge in [-0.1, -0.05) is 12.8 Å². The molecule has 0 unspecified atom stereocenters. The van der Waals surface area contributed by atoms with Crippen molar-refractivity contribution < 1.29 is 196 Å². The van der Waals surface area contributed by atoms with Gasteiger partial charge in [0.25, 0.3) is 15.5 Å². The molecule has 0 aliphatic carbocycles. The van der Waals surface area contributed by atoms with Gasteiger partial charge in [-0.2, -0.15) is 37.9 Å². The molecule has 0 saturated heterocycles. The van der Waals surface area contributed by atoms with Crippen molar-refractivity contribution in [2.24, 2.45) is 59.5 Å². The number of pyridine rings is 6. The second-order valence-corrected chi connectivity index (χ2v) is 24.8. The molecule has 0 atom stereocenters. The number of halogens is 9. The third kappa shape index (κ3) is 67.7. The Bertz CT molecular complexity index is 2630. The summed E-state index contributed by atoms with van der Waals surface area (Å²) in [6, 6.07) is 25.5. The molecule has 0 radical (unpaired) electrons. The number of unbranched alkanes of at least 4 members (excludes halogenated alkanes) is 6. The minimum Gasteiger partial charge on any atom is -1.00 e. The molecular weight excluding hydrogens is 1840 g/mol. The van der Waals surface area contributed by atoms with Gasteiger partial charge in [0.05, 0.1) is 0 Å². The molecule has 6 rings (SSSR count). The van der Waals surface area contributed by atoms with Gasteiger partial charge in [0, 0.05) is 87.0 Å². The third-order valence-electron chi connectivity index (χ3n) is 12.0. The highest BCUT2D eigenvalue weighted by atomic mass is 79.9. The molecule has 0 fully saturated rings. The van der Waals surface area contributed by atoms with Crippen LogP contribution in [-0.4, -0.2) is 50.0 Å². The zero-order valence-corrected chi connectivity index (χ0v) is 72.8. The Kier molecular flexibility index (Phi) is 89.8. The summed E-state index contributed by atoms with van der Waals surface area (Å²) in [5.74, 6) is 6.02. The van der Waals surface area contributed by atoms with Crippen LogP contribution in [0, 0.1) is 0 Å². The van der Waals surface area contributed by atoms with Gasteiger partial charge in [0.1, 0.15) is 42.3 Å². The van der Waals surface area contributed by atoms with E-state index in [1.165, 1.54) is 128 Å². The van der Waals surface area contributed by atoms with Crippen LogP contribution in [0.1, 0.15) is 110 Å². The van der Waals surface area contributed by atoms with Crippen molar-refractivity contribution in [2.75, 3.05) is 34.5 Å². The van der Waals surface area contributed by atoms with E-state index in [4.69, 9.17) is 33.4 Å². The van der Waals surface area contributed by atoms with E-state index in [1.54, 1.807) is 11.8 Å². The van der Waals surface area contributed by atoms with Gasteiger partial charge in [0.2, 0.25) is 0 Å². The fourth-order valence-corrected chi connectivity index (χ4v) is 10.3.